The smallest absolute Gasteiger partial charge is 0.259 e. The van der Waals surface area contributed by atoms with Crippen molar-refractivity contribution in [2.45, 2.75) is 26.2 Å². The Labute approximate surface area is 117 Å². The Morgan fingerprint density at radius 3 is 2.00 bits per heavy atom. The SMILES string of the molecule is COc1cc(OC)nc(-n2nc(C(C)(C)C)cc2N)n1. The quantitative estimate of drug-likeness (QED) is 0.916. The van der Waals surface area contributed by atoms with Crippen molar-refractivity contribution in [1.82, 2.24) is 19.7 Å². The second-order valence-electron chi connectivity index (χ2n) is 5.37. The lowest BCUT2D eigenvalue weighted by atomic mass is 9.92. The minimum absolute atomic E-state index is 0.109. The number of nitrogens with zero attached hydrogens (tertiary/aromatic N) is 4. The average molecular weight is 277 g/mol. The van der Waals surface area contributed by atoms with Crippen LogP contribution in [-0.4, -0.2) is 34.0 Å². The van der Waals surface area contributed by atoms with Gasteiger partial charge in [0.2, 0.25) is 11.8 Å². The first-order chi connectivity index (χ1) is 9.35. The zero-order valence-electron chi connectivity index (χ0n) is 12.3. The highest BCUT2D eigenvalue weighted by atomic mass is 16.5. The van der Waals surface area contributed by atoms with Crippen molar-refractivity contribution in [2.24, 2.45) is 0 Å². The van der Waals surface area contributed by atoms with Gasteiger partial charge in [0.15, 0.2) is 0 Å². The Hall–Kier alpha value is -2.31. The van der Waals surface area contributed by atoms with Gasteiger partial charge in [0, 0.05) is 11.5 Å². The Morgan fingerprint density at radius 1 is 1.05 bits per heavy atom. The van der Waals surface area contributed by atoms with E-state index >= 15 is 0 Å². The molecular formula is C13H19N5O2. The molecule has 20 heavy (non-hydrogen) atoms. The van der Waals surface area contributed by atoms with Gasteiger partial charge in [0.05, 0.1) is 26.0 Å². The van der Waals surface area contributed by atoms with Gasteiger partial charge in [0.25, 0.3) is 5.95 Å². The van der Waals surface area contributed by atoms with Crippen LogP contribution in [0.4, 0.5) is 5.82 Å². The molecule has 0 aromatic carbocycles. The summed E-state index contributed by atoms with van der Waals surface area (Å²) < 4.78 is 11.7. The number of hydrogen-bond donors (Lipinski definition) is 1. The molecule has 7 heteroatoms. The van der Waals surface area contributed by atoms with Gasteiger partial charge in [-0.15, -0.1) is 0 Å². The summed E-state index contributed by atoms with van der Waals surface area (Å²) in [5.74, 6) is 1.55. The first kappa shape index (κ1) is 14.1. The van der Waals surface area contributed by atoms with Gasteiger partial charge < -0.3 is 15.2 Å². The summed E-state index contributed by atoms with van der Waals surface area (Å²) in [4.78, 5) is 8.47. The molecule has 0 bridgehead atoms. The summed E-state index contributed by atoms with van der Waals surface area (Å²) in [6.45, 7) is 6.18. The first-order valence-electron chi connectivity index (χ1n) is 6.18. The molecule has 0 radical (unpaired) electrons. The van der Waals surface area contributed by atoms with E-state index in [0.29, 0.717) is 23.5 Å². The van der Waals surface area contributed by atoms with Gasteiger partial charge in [-0.25, -0.2) is 0 Å². The molecule has 0 aliphatic heterocycles. The lowest BCUT2D eigenvalue weighted by molar-refractivity contribution is 0.369. The Balaban J connectivity index is 2.53. The van der Waals surface area contributed by atoms with Crippen molar-refractivity contribution in [3.05, 3.63) is 17.8 Å². The number of ether oxygens (including phenoxy) is 2. The average Bonchev–Trinajstić information content (AvgIpc) is 2.80. The highest BCUT2D eigenvalue weighted by Gasteiger charge is 2.21. The van der Waals surface area contributed by atoms with Crippen LogP contribution in [-0.2, 0) is 5.41 Å². The molecule has 0 aliphatic carbocycles. The van der Waals surface area contributed by atoms with Crippen LogP contribution < -0.4 is 15.2 Å². The number of methoxy groups -OCH3 is 2. The van der Waals surface area contributed by atoms with Crippen molar-refractivity contribution in [2.75, 3.05) is 20.0 Å². The second kappa shape index (κ2) is 4.99. The van der Waals surface area contributed by atoms with E-state index in [2.05, 4.69) is 35.8 Å². The summed E-state index contributed by atoms with van der Waals surface area (Å²) in [5.41, 5.74) is 6.74. The van der Waals surface area contributed by atoms with E-state index in [-0.39, 0.29) is 5.41 Å². The maximum Gasteiger partial charge on any atom is 0.259 e. The lowest BCUT2D eigenvalue weighted by Gasteiger charge is -2.14. The van der Waals surface area contributed by atoms with Crippen LogP contribution in [0.15, 0.2) is 12.1 Å². The maximum absolute atomic E-state index is 5.99. The Kier molecular flexibility index (Phi) is 3.52. The molecule has 2 aromatic heterocycles. The molecule has 2 aromatic rings. The molecule has 2 N–H and O–H groups in total. The zero-order valence-corrected chi connectivity index (χ0v) is 12.3. The Morgan fingerprint density at radius 2 is 1.60 bits per heavy atom. The van der Waals surface area contributed by atoms with Crippen LogP contribution in [0, 0.1) is 0 Å². The van der Waals surface area contributed by atoms with Gasteiger partial charge in [-0.1, -0.05) is 20.8 Å². The van der Waals surface area contributed by atoms with Gasteiger partial charge >= 0.3 is 0 Å². The van der Waals surface area contributed by atoms with Crippen LogP contribution in [0.2, 0.25) is 0 Å². The van der Waals surface area contributed by atoms with Gasteiger partial charge in [0.1, 0.15) is 5.82 Å². The predicted molar refractivity (Wildman–Crippen MR) is 75.4 cm³/mol. The number of aromatic nitrogens is 4. The third kappa shape index (κ3) is 2.66. The van der Waals surface area contributed by atoms with Crippen LogP contribution in [0.25, 0.3) is 5.95 Å². The molecule has 0 amide bonds. The molecule has 0 atom stereocenters. The fourth-order valence-corrected chi connectivity index (χ4v) is 1.62. The first-order valence-corrected chi connectivity index (χ1v) is 6.18. The minimum atomic E-state index is -0.109. The van der Waals surface area contributed by atoms with E-state index in [1.165, 1.54) is 18.9 Å². The molecule has 0 saturated heterocycles. The van der Waals surface area contributed by atoms with Crippen molar-refractivity contribution < 1.29 is 9.47 Å². The largest absolute Gasteiger partial charge is 0.481 e. The van der Waals surface area contributed by atoms with Crippen LogP contribution in [0.3, 0.4) is 0 Å². The van der Waals surface area contributed by atoms with E-state index in [1.54, 1.807) is 6.07 Å². The fraction of sp³-hybridized carbons (Fsp3) is 0.462. The van der Waals surface area contributed by atoms with Crippen LogP contribution >= 0.6 is 0 Å². The van der Waals surface area contributed by atoms with Crippen molar-refractivity contribution in [1.29, 1.82) is 0 Å². The normalized spacial score (nSPS) is 11.4. The number of anilines is 1. The number of nitrogens with two attached hydrogens (primary N) is 1. The van der Waals surface area contributed by atoms with Gasteiger partial charge in [-0.2, -0.15) is 19.7 Å². The van der Waals surface area contributed by atoms with Crippen molar-refractivity contribution in [3.8, 4) is 17.7 Å². The van der Waals surface area contributed by atoms with Crippen LogP contribution in [0.1, 0.15) is 26.5 Å². The third-order valence-electron chi connectivity index (χ3n) is 2.78. The van der Waals surface area contributed by atoms with E-state index in [1.807, 2.05) is 6.07 Å². The molecule has 108 valence electrons. The van der Waals surface area contributed by atoms with Crippen LogP contribution in [0.5, 0.6) is 11.8 Å². The molecule has 0 saturated carbocycles. The second-order valence-corrected chi connectivity index (χ2v) is 5.37. The van der Waals surface area contributed by atoms with E-state index < -0.39 is 0 Å². The predicted octanol–water partition coefficient (Wildman–Crippen LogP) is 1.56. The summed E-state index contributed by atoms with van der Waals surface area (Å²) in [7, 11) is 3.05. The molecule has 0 fully saturated rings. The topological polar surface area (TPSA) is 88.1 Å². The molecule has 7 nitrogen and oxygen atoms in total. The molecule has 0 unspecified atom stereocenters. The standard InChI is InChI=1S/C13H19N5O2/c1-13(2,3)8-6-9(14)18(17-8)12-15-10(19-4)7-11(16-12)20-5/h6-7H,14H2,1-5H3. The molecule has 2 heterocycles. The minimum Gasteiger partial charge on any atom is -0.481 e. The monoisotopic (exact) mass is 277 g/mol. The van der Waals surface area contributed by atoms with E-state index in [0.717, 1.165) is 5.69 Å². The highest BCUT2D eigenvalue weighted by Crippen LogP contribution is 2.25. The molecular weight excluding hydrogens is 258 g/mol. The highest BCUT2D eigenvalue weighted by molar-refractivity contribution is 5.40. The van der Waals surface area contributed by atoms with Crippen molar-refractivity contribution in [3.63, 3.8) is 0 Å². The lowest BCUT2D eigenvalue weighted by Crippen LogP contribution is -2.13. The fourth-order valence-electron chi connectivity index (χ4n) is 1.62. The zero-order chi connectivity index (χ0) is 14.9. The van der Waals surface area contributed by atoms with Gasteiger partial charge in [-0.3, -0.25) is 0 Å². The van der Waals surface area contributed by atoms with Crippen molar-refractivity contribution >= 4 is 5.82 Å². The summed E-state index contributed by atoms with van der Waals surface area (Å²) in [6, 6.07) is 3.41. The molecule has 2 rings (SSSR count). The molecule has 0 aliphatic rings. The number of rotatable bonds is 3. The third-order valence-corrected chi connectivity index (χ3v) is 2.78. The maximum atomic E-state index is 5.99. The summed E-state index contributed by atoms with van der Waals surface area (Å²) >= 11 is 0. The summed E-state index contributed by atoms with van der Waals surface area (Å²) in [5, 5.41) is 4.46. The Bertz CT molecular complexity index is 593. The van der Waals surface area contributed by atoms with Gasteiger partial charge in [-0.05, 0) is 0 Å². The number of nitrogen functional groups attached to an aromatic ring is 1. The van der Waals surface area contributed by atoms with E-state index in [9.17, 15) is 0 Å². The summed E-state index contributed by atoms with van der Waals surface area (Å²) in [6.07, 6.45) is 0. The van der Waals surface area contributed by atoms with E-state index in [4.69, 9.17) is 15.2 Å². The number of hydrogen-bond acceptors (Lipinski definition) is 6. The molecule has 0 spiro atoms.